The Morgan fingerprint density at radius 2 is 1.81 bits per heavy atom. The van der Waals surface area contributed by atoms with Gasteiger partial charge in [0, 0.05) is 39.2 Å². The van der Waals surface area contributed by atoms with E-state index in [9.17, 15) is 23.1 Å². The number of nitrogens with zero attached hydrogens (tertiary/aromatic N) is 4. The van der Waals surface area contributed by atoms with Crippen LogP contribution < -0.4 is 4.74 Å². The number of hydrogen-bond donors (Lipinski definition) is 1. The minimum absolute atomic E-state index is 0.0298. The molecule has 0 bridgehead atoms. The summed E-state index contributed by atoms with van der Waals surface area (Å²) in [6.07, 6.45) is 0.412. The van der Waals surface area contributed by atoms with E-state index in [1.165, 1.54) is 16.3 Å². The maximum Gasteiger partial charge on any atom is 0.413 e. The lowest BCUT2D eigenvalue weighted by Gasteiger charge is -2.20. The molecule has 0 radical (unpaired) electrons. The summed E-state index contributed by atoms with van der Waals surface area (Å²) >= 11 is 0. The van der Waals surface area contributed by atoms with Gasteiger partial charge in [-0.1, -0.05) is 24.3 Å². The average Bonchev–Trinajstić information content (AvgIpc) is 3.37. The smallest absolute Gasteiger partial charge is 0.413 e. The van der Waals surface area contributed by atoms with E-state index in [0.717, 1.165) is 11.1 Å². The van der Waals surface area contributed by atoms with Gasteiger partial charge in [-0.05, 0) is 49.1 Å². The van der Waals surface area contributed by atoms with Crippen LogP contribution in [0.5, 0.6) is 5.75 Å². The van der Waals surface area contributed by atoms with Crippen LogP contribution in [0.25, 0.3) is 0 Å². The molecule has 37 heavy (non-hydrogen) atoms. The van der Waals surface area contributed by atoms with Crippen molar-refractivity contribution in [1.29, 1.82) is 0 Å². The zero-order chi connectivity index (χ0) is 27.2. The second kappa shape index (κ2) is 12.2. The molecule has 0 spiro atoms. The first kappa shape index (κ1) is 28.1. The number of benzene rings is 2. The van der Waals surface area contributed by atoms with Crippen LogP contribution in [-0.2, 0) is 21.4 Å². The predicted molar refractivity (Wildman–Crippen MR) is 140 cm³/mol. The van der Waals surface area contributed by atoms with Gasteiger partial charge in [-0.2, -0.15) is 0 Å². The Hall–Kier alpha value is -3.44. The van der Waals surface area contributed by atoms with Crippen LogP contribution in [-0.4, -0.2) is 86.3 Å². The van der Waals surface area contributed by atoms with Crippen molar-refractivity contribution < 1.29 is 27.9 Å². The summed E-state index contributed by atoms with van der Waals surface area (Å²) in [6.45, 7) is 3.26. The molecule has 10 nitrogen and oxygen atoms in total. The van der Waals surface area contributed by atoms with Gasteiger partial charge in [-0.15, -0.1) is 0 Å². The zero-order valence-corrected chi connectivity index (χ0v) is 22.5. The largest absolute Gasteiger partial charge is 0.497 e. The highest BCUT2D eigenvalue weighted by molar-refractivity contribution is 7.89. The number of rotatable bonds is 11. The molecule has 1 aliphatic heterocycles. The fourth-order valence-electron chi connectivity index (χ4n) is 4.13. The number of carbonyl (C=O) groups excluding carboxylic acids is 1. The van der Waals surface area contributed by atoms with Crippen molar-refractivity contribution in [2.24, 2.45) is 4.99 Å². The summed E-state index contributed by atoms with van der Waals surface area (Å²) in [5, 5.41) is 9.28. The van der Waals surface area contributed by atoms with E-state index in [1.807, 2.05) is 24.3 Å². The van der Waals surface area contributed by atoms with E-state index in [4.69, 9.17) is 4.74 Å². The van der Waals surface area contributed by atoms with Gasteiger partial charge in [-0.25, -0.2) is 17.5 Å². The monoisotopic (exact) mass is 530 g/mol. The van der Waals surface area contributed by atoms with E-state index in [1.54, 1.807) is 44.1 Å². The molecule has 0 fully saturated rings. The number of amidine groups is 1. The van der Waals surface area contributed by atoms with Crippen molar-refractivity contribution in [3.05, 3.63) is 59.2 Å². The first-order valence-corrected chi connectivity index (χ1v) is 13.5. The number of hydrogen-bond acceptors (Lipinski definition) is 6. The van der Waals surface area contributed by atoms with Gasteiger partial charge in [0.05, 0.1) is 25.1 Å². The van der Waals surface area contributed by atoms with Crippen molar-refractivity contribution in [3.8, 4) is 5.75 Å². The number of aryl methyl sites for hydroxylation is 1. The van der Waals surface area contributed by atoms with Crippen LogP contribution in [0.15, 0.2) is 52.4 Å². The Morgan fingerprint density at radius 3 is 2.43 bits per heavy atom. The molecular formula is C26H34N4O6S. The second-order valence-corrected chi connectivity index (χ2v) is 11.0. The summed E-state index contributed by atoms with van der Waals surface area (Å²) in [5.41, 5.74) is 2.26. The quantitative estimate of drug-likeness (QED) is 0.446. The number of carbonyl (C=O) groups is 2. The van der Waals surface area contributed by atoms with E-state index >= 15 is 0 Å². The molecule has 0 saturated carbocycles. The standard InChI is InChI=1S/C26H34N4O6S/c1-19-17-22(36-4)12-13-23(19)37(34,35)29(3)15-6-5-7-24(31)28(2)18-20-8-10-21(11-9-20)25-27-14-16-30(25)26(32)33/h8-13,17H,5-7,14-16,18H2,1-4H3,(H,32,33). The molecule has 0 aromatic heterocycles. The van der Waals surface area contributed by atoms with Crippen LogP contribution >= 0.6 is 0 Å². The summed E-state index contributed by atoms with van der Waals surface area (Å²) in [4.78, 5) is 31.3. The molecule has 0 aliphatic carbocycles. The molecule has 3 rings (SSSR count). The highest BCUT2D eigenvalue weighted by Gasteiger charge is 2.24. The third kappa shape index (κ3) is 6.86. The molecule has 0 unspecified atom stereocenters. The van der Waals surface area contributed by atoms with Crippen LogP contribution in [0.1, 0.15) is 36.0 Å². The van der Waals surface area contributed by atoms with Gasteiger partial charge in [-0.3, -0.25) is 14.7 Å². The average molecular weight is 531 g/mol. The lowest BCUT2D eigenvalue weighted by molar-refractivity contribution is -0.130. The van der Waals surface area contributed by atoms with Gasteiger partial charge in [0.15, 0.2) is 0 Å². The molecule has 0 atom stereocenters. The van der Waals surface area contributed by atoms with Crippen molar-refractivity contribution in [2.45, 2.75) is 37.6 Å². The number of carboxylic acid groups (broad SMARTS) is 1. The number of unbranched alkanes of at least 4 members (excludes halogenated alkanes) is 1. The lowest BCUT2D eigenvalue weighted by Crippen LogP contribution is -2.33. The van der Waals surface area contributed by atoms with Crippen LogP contribution in [0.2, 0.25) is 0 Å². The predicted octanol–water partition coefficient (Wildman–Crippen LogP) is 3.19. The van der Waals surface area contributed by atoms with Gasteiger partial charge in [0.25, 0.3) is 0 Å². The summed E-state index contributed by atoms with van der Waals surface area (Å²) in [5.74, 6) is 1.01. The SMILES string of the molecule is COc1ccc(S(=O)(=O)N(C)CCCCC(=O)N(C)Cc2ccc(C3=NCCN3C(=O)O)cc2)c(C)c1. The van der Waals surface area contributed by atoms with Crippen LogP contribution in [0, 0.1) is 6.92 Å². The number of amides is 2. The van der Waals surface area contributed by atoms with Crippen molar-refractivity contribution >= 4 is 27.9 Å². The van der Waals surface area contributed by atoms with Gasteiger partial charge in [0.2, 0.25) is 15.9 Å². The van der Waals surface area contributed by atoms with Crippen LogP contribution in [0.3, 0.4) is 0 Å². The highest BCUT2D eigenvalue weighted by Crippen LogP contribution is 2.23. The topological polar surface area (TPSA) is 120 Å². The Kier molecular flexibility index (Phi) is 9.28. The fourth-order valence-corrected chi connectivity index (χ4v) is 5.54. The summed E-state index contributed by atoms with van der Waals surface area (Å²) in [6, 6.07) is 12.2. The Morgan fingerprint density at radius 1 is 1.11 bits per heavy atom. The molecule has 11 heteroatoms. The molecular weight excluding hydrogens is 496 g/mol. The van der Waals surface area contributed by atoms with Crippen molar-refractivity contribution in [3.63, 3.8) is 0 Å². The minimum atomic E-state index is -3.63. The number of sulfonamides is 1. The third-order valence-corrected chi connectivity index (χ3v) is 8.33. The first-order chi connectivity index (χ1) is 17.5. The fraction of sp³-hybridized carbons (Fsp3) is 0.423. The molecule has 200 valence electrons. The van der Waals surface area contributed by atoms with E-state index in [2.05, 4.69) is 4.99 Å². The Labute approximate surface area is 218 Å². The zero-order valence-electron chi connectivity index (χ0n) is 21.7. The molecule has 1 aliphatic rings. The maximum absolute atomic E-state index is 12.9. The van der Waals surface area contributed by atoms with E-state index in [0.29, 0.717) is 62.6 Å². The van der Waals surface area contributed by atoms with Gasteiger partial charge >= 0.3 is 6.09 Å². The lowest BCUT2D eigenvalue weighted by atomic mass is 10.1. The summed E-state index contributed by atoms with van der Waals surface area (Å²) < 4.78 is 32.3. The normalized spacial score (nSPS) is 13.5. The molecule has 0 saturated heterocycles. The molecule has 2 amide bonds. The summed E-state index contributed by atoms with van der Waals surface area (Å²) in [7, 11) is 1.18. The van der Waals surface area contributed by atoms with Gasteiger partial charge < -0.3 is 14.7 Å². The van der Waals surface area contributed by atoms with Crippen molar-refractivity contribution in [2.75, 3.05) is 40.8 Å². The third-order valence-electron chi connectivity index (χ3n) is 6.31. The van der Waals surface area contributed by atoms with E-state index in [-0.39, 0.29) is 10.8 Å². The van der Waals surface area contributed by atoms with Crippen molar-refractivity contribution in [1.82, 2.24) is 14.1 Å². The Bertz CT molecular complexity index is 1260. The molecule has 2 aromatic carbocycles. The number of ether oxygens (including phenoxy) is 1. The first-order valence-electron chi connectivity index (χ1n) is 12.0. The number of aliphatic imine (C=N–C) groups is 1. The van der Waals surface area contributed by atoms with E-state index < -0.39 is 16.1 Å². The minimum Gasteiger partial charge on any atom is -0.497 e. The molecule has 1 heterocycles. The molecule has 1 N–H and O–H groups in total. The van der Waals surface area contributed by atoms with Crippen LogP contribution in [0.4, 0.5) is 4.79 Å². The highest BCUT2D eigenvalue weighted by atomic mass is 32.2. The maximum atomic E-state index is 12.9. The molecule has 2 aromatic rings. The second-order valence-electron chi connectivity index (χ2n) is 9.00. The number of methoxy groups -OCH3 is 1. The van der Waals surface area contributed by atoms with Gasteiger partial charge in [0.1, 0.15) is 11.6 Å². The Balaban J connectivity index is 1.46.